The normalized spacial score (nSPS) is 10.3. The first-order valence-electron chi connectivity index (χ1n) is 4.60. The van der Waals surface area contributed by atoms with E-state index >= 15 is 0 Å². The van der Waals surface area contributed by atoms with Crippen LogP contribution in [0.15, 0.2) is 18.2 Å². The van der Waals surface area contributed by atoms with Crippen molar-refractivity contribution < 1.29 is 9.90 Å². The highest BCUT2D eigenvalue weighted by Gasteiger charge is 2.08. The summed E-state index contributed by atoms with van der Waals surface area (Å²) in [5, 5.41) is 11.9. The Labute approximate surface area is 83.8 Å². The average Bonchev–Trinajstić information content (AvgIpc) is 2.15. The molecule has 0 unspecified atom stereocenters. The van der Waals surface area contributed by atoms with Crippen LogP contribution in [0.5, 0.6) is 5.75 Å². The van der Waals surface area contributed by atoms with Gasteiger partial charge in [-0.25, -0.2) is 0 Å². The summed E-state index contributed by atoms with van der Waals surface area (Å²) >= 11 is 0. The largest absolute Gasteiger partial charge is 0.508 e. The van der Waals surface area contributed by atoms with Crippen LogP contribution >= 0.6 is 0 Å². The molecular formula is C11H15NO2. The fourth-order valence-corrected chi connectivity index (χ4v) is 1.24. The second kappa shape index (κ2) is 4.13. The quantitative estimate of drug-likeness (QED) is 0.753. The molecule has 0 radical (unpaired) electrons. The van der Waals surface area contributed by atoms with Crippen LogP contribution in [0.3, 0.4) is 0 Å². The molecule has 0 saturated carbocycles. The fourth-order valence-electron chi connectivity index (χ4n) is 1.24. The molecule has 0 fully saturated rings. The topological polar surface area (TPSA) is 49.3 Å². The molecule has 3 nitrogen and oxygen atoms in total. The fraction of sp³-hybridized carbons (Fsp3) is 0.364. The molecule has 0 heterocycles. The molecule has 0 saturated heterocycles. The van der Waals surface area contributed by atoms with Crippen molar-refractivity contribution in [3.8, 4) is 5.75 Å². The van der Waals surface area contributed by atoms with Gasteiger partial charge in [-0.2, -0.15) is 0 Å². The molecule has 0 atom stereocenters. The maximum Gasteiger partial charge on any atom is 0.251 e. The standard InChI is InChI=1S/C11H15NO2/c1-7(2)8-4-9(11(14)12-3)6-10(13)5-8/h4-7,13H,1-3H3,(H,12,14). The number of nitrogens with one attached hydrogen (secondary N) is 1. The Kier molecular flexibility index (Phi) is 3.12. The molecule has 14 heavy (non-hydrogen) atoms. The molecule has 0 aliphatic heterocycles. The lowest BCUT2D eigenvalue weighted by molar-refractivity contribution is 0.0962. The number of rotatable bonds is 2. The van der Waals surface area contributed by atoms with Gasteiger partial charge in [0, 0.05) is 12.6 Å². The maximum absolute atomic E-state index is 11.3. The molecule has 1 rings (SSSR count). The number of hydrogen-bond donors (Lipinski definition) is 2. The van der Waals surface area contributed by atoms with E-state index < -0.39 is 0 Å². The summed E-state index contributed by atoms with van der Waals surface area (Å²) in [5.74, 6) is 0.253. The van der Waals surface area contributed by atoms with Crippen LogP contribution in [-0.4, -0.2) is 18.1 Å². The third kappa shape index (κ3) is 2.25. The van der Waals surface area contributed by atoms with Crippen molar-refractivity contribution in [1.82, 2.24) is 5.32 Å². The SMILES string of the molecule is CNC(=O)c1cc(O)cc(C(C)C)c1. The Morgan fingerprint density at radius 1 is 1.36 bits per heavy atom. The minimum Gasteiger partial charge on any atom is -0.508 e. The van der Waals surface area contributed by atoms with Crippen LogP contribution in [0, 0.1) is 0 Å². The van der Waals surface area contributed by atoms with E-state index in [1.807, 2.05) is 13.8 Å². The number of carbonyl (C=O) groups excluding carboxylic acids is 1. The lowest BCUT2D eigenvalue weighted by Crippen LogP contribution is -2.17. The minimum atomic E-state index is -0.178. The lowest BCUT2D eigenvalue weighted by Gasteiger charge is -2.08. The van der Waals surface area contributed by atoms with Crippen LogP contribution in [-0.2, 0) is 0 Å². The van der Waals surface area contributed by atoms with E-state index in [1.165, 1.54) is 6.07 Å². The van der Waals surface area contributed by atoms with Crippen LogP contribution < -0.4 is 5.32 Å². The van der Waals surface area contributed by atoms with Crippen LogP contribution in [0.4, 0.5) is 0 Å². The Balaban J connectivity index is 3.13. The predicted molar refractivity (Wildman–Crippen MR) is 55.6 cm³/mol. The molecule has 0 bridgehead atoms. The van der Waals surface area contributed by atoms with Crippen molar-refractivity contribution in [1.29, 1.82) is 0 Å². The molecule has 0 spiro atoms. The van der Waals surface area contributed by atoms with Crippen molar-refractivity contribution in [3.05, 3.63) is 29.3 Å². The Hall–Kier alpha value is -1.51. The molecular weight excluding hydrogens is 178 g/mol. The average molecular weight is 193 g/mol. The van der Waals surface area contributed by atoms with Gasteiger partial charge in [0.25, 0.3) is 5.91 Å². The van der Waals surface area contributed by atoms with E-state index in [0.29, 0.717) is 11.5 Å². The molecule has 2 N–H and O–H groups in total. The summed E-state index contributed by atoms with van der Waals surface area (Å²) in [6.07, 6.45) is 0. The number of amides is 1. The Morgan fingerprint density at radius 3 is 2.50 bits per heavy atom. The third-order valence-electron chi connectivity index (χ3n) is 2.10. The minimum absolute atomic E-state index is 0.134. The zero-order chi connectivity index (χ0) is 10.7. The molecule has 76 valence electrons. The molecule has 1 aromatic carbocycles. The highest BCUT2D eigenvalue weighted by Crippen LogP contribution is 2.21. The maximum atomic E-state index is 11.3. The van der Waals surface area contributed by atoms with E-state index in [4.69, 9.17) is 0 Å². The van der Waals surface area contributed by atoms with Crippen molar-refractivity contribution in [2.24, 2.45) is 0 Å². The summed E-state index contributed by atoms with van der Waals surface area (Å²) in [5.41, 5.74) is 1.46. The van der Waals surface area contributed by atoms with E-state index in [1.54, 1.807) is 19.2 Å². The summed E-state index contributed by atoms with van der Waals surface area (Å²) in [6, 6.07) is 4.94. The van der Waals surface area contributed by atoms with E-state index in [-0.39, 0.29) is 11.7 Å². The first-order valence-corrected chi connectivity index (χ1v) is 4.60. The summed E-state index contributed by atoms with van der Waals surface area (Å²) in [4.78, 5) is 11.3. The van der Waals surface area contributed by atoms with Gasteiger partial charge in [-0.15, -0.1) is 0 Å². The molecule has 0 aromatic heterocycles. The molecule has 1 aromatic rings. The van der Waals surface area contributed by atoms with Crippen molar-refractivity contribution in [2.45, 2.75) is 19.8 Å². The number of aromatic hydroxyl groups is 1. The van der Waals surface area contributed by atoms with Crippen molar-refractivity contribution in [2.75, 3.05) is 7.05 Å². The second-order valence-corrected chi connectivity index (χ2v) is 3.55. The first kappa shape index (κ1) is 10.6. The van der Waals surface area contributed by atoms with Crippen molar-refractivity contribution in [3.63, 3.8) is 0 Å². The number of carbonyl (C=O) groups is 1. The van der Waals surface area contributed by atoms with Crippen LogP contribution in [0.1, 0.15) is 35.7 Å². The Morgan fingerprint density at radius 2 is 2.00 bits per heavy atom. The van der Waals surface area contributed by atoms with E-state index in [9.17, 15) is 9.90 Å². The number of hydrogen-bond acceptors (Lipinski definition) is 2. The van der Waals surface area contributed by atoms with Gasteiger partial charge < -0.3 is 10.4 Å². The van der Waals surface area contributed by atoms with Gasteiger partial charge in [0.15, 0.2) is 0 Å². The van der Waals surface area contributed by atoms with Gasteiger partial charge in [-0.05, 0) is 29.7 Å². The zero-order valence-electron chi connectivity index (χ0n) is 8.66. The summed E-state index contributed by atoms with van der Waals surface area (Å²) in [7, 11) is 1.57. The highest BCUT2D eigenvalue weighted by molar-refractivity contribution is 5.94. The molecule has 1 amide bonds. The number of benzene rings is 1. The van der Waals surface area contributed by atoms with Gasteiger partial charge in [-0.1, -0.05) is 13.8 Å². The van der Waals surface area contributed by atoms with Gasteiger partial charge in [0.1, 0.15) is 5.75 Å². The third-order valence-corrected chi connectivity index (χ3v) is 2.10. The van der Waals surface area contributed by atoms with Gasteiger partial charge in [0.2, 0.25) is 0 Å². The van der Waals surface area contributed by atoms with Crippen LogP contribution in [0.2, 0.25) is 0 Å². The second-order valence-electron chi connectivity index (χ2n) is 3.55. The lowest BCUT2D eigenvalue weighted by atomic mass is 10.00. The smallest absolute Gasteiger partial charge is 0.251 e. The molecule has 0 aliphatic rings. The zero-order valence-corrected chi connectivity index (χ0v) is 8.66. The monoisotopic (exact) mass is 193 g/mol. The summed E-state index contributed by atoms with van der Waals surface area (Å²) < 4.78 is 0. The Bertz CT molecular complexity index is 345. The van der Waals surface area contributed by atoms with E-state index in [2.05, 4.69) is 5.32 Å². The predicted octanol–water partition coefficient (Wildman–Crippen LogP) is 1.88. The highest BCUT2D eigenvalue weighted by atomic mass is 16.3. The number of phenols is 1. The van der Waals surface area contributed by atoms with Gasteiger partial charge in [0.05, 0.1) is 0 Å². The van der Waals surface area contributed by atoms with E-state index in [0.717, 1.165) is 5.56 Å². The summed E-state index contributed by atoms with van der Waals surface area (Å²) in [6.45, 7) is 4.03. The molecule has 0 aliphatic carbocycles. The van der Waals surface area contributed by atoms with Gasteiger partial charge >= 0.3 is 0 Å². The molecule has 3 heteroatoms. The first-order chi connectivity index (χ1) is 6.54. The van der Waals surface area contributed by atoms with Crippen molar-refractivity contribution >= 4 is 5.91 Å². The number of phenolic OH excluding ortho intramolecular Hbond substituents is 1. The van der Waals surface area contributed by atoms with Gasteiger partial charge in [-0.3, -0.25) is 4.79 Å². The van der Waals surface area contributed by atoms with Crippen LogP contribution in [0.25, 0.3) is 0 Å².